The van der Waals surface area contributed by atoms with Gasteiger partial charge in [-0.1, -0.05) is 18.2 Å². The van der Waals surface area contributed by atoms with Gasteiger partial charge in [-0.15, -0.1) is 0 Å². The maximum absolute atomic E-state index is 9.49. The third-order valence-electron chi connectivity index (χ3n) is 3.31. The zero-order chi connectivity index (χ0) is 13.1. The molecule has 0 aliphatic rings. The molecule has 2 nitrogen and oxygen atoms in total. The quantitative estimate of drug-likeness (QED) is 0.798. The molecule has 0 heterocycles. The molecule has 0 unspecified atom stereocenters. The largest absolute Gasteiger partial charge is 0.508 e. The molecule has 2 aromatic carbocycles. The predicted molar refractivity (Wildman–Crippen MR) is 76.1 cm³/mol. The van der Waals surface area contributed by atoms with Crippen LogP contribution >= 0.6 is 0 Å². The predicted octanol–water partition coefficient (Wildman–Crippen LogP) is 3.93. The fraction of sp³-hybridized carbons (Fsp3) is 0.250. The molecular weight excluding hydrogens is 222 g/mol. The van der Waals surface area contributed by atoms with E-state index in [1.165, 1.54) is 16.7 Å². The Hall–Kier alpha value is -1.96. The highest BCUT2D eigenvalue weighted by Gasteiger charge is 2.02. The average Bonchev–Trinajstić information content (AvgIpc) is 2.33. The third kappa shape index (κ3) is 2.65. The number of hydrogen-bond donors (Lipinski definition) is 2. The van der Waals surface area contributed by atoms with E-state index >= 15 is 0 Å². The summed E-state index contributed by atoms with van der Waals surface area (Å²) in [6.45, 7) is 6.97. The first kappa shape index (κ1) is 12.5. The van der Waals surface area contributed by atoms with Crippen LogP contribution in [0.2, 0.25) is 0 Å². The van der Waals surface area contributed by atoms with Crippen molar-refractivity contribution in [3.63, 3.8) is 0 Å². The van der Waals surface area contributed by atoms with E-state index in [1.807, 2.05) is 19.1 Å². The highest BCUT2D eigenvalue weighted by molar-refractivity contribution is 5.51. The lowest BCUT2D eigenvalue weighted by Gasteiger charge is -2.12. The zero-order valence-corrected chi connectivity index (χ0v) is 11.1. The number of hydrogen-bond acceptors (Lipinski definition) is 2. The summed E-state index contributed by atoms with van der Waals surface area (Å²) in [7, 11) is 0. The number of aryl methyl sites for hydroxylation is 3. The first-order valence-corrected chi connectivity index (χ1v) is 6.16. The van der Waals surface area contributed by atoms with Gasteiger partial charge in [0.25, 0.3) is 0 Å². The minimum Gasteiger partial charge on any atom is -0.508 e. The SMILES string of the molecule is Cc1cc(NCc2c(C)cccc2C)ccc1O. The molecule has 0 saturated carbocycles. The maximum Gasteiger partial charge on any atom is 0.118 e. The fourth-order valence-corrected chi connectivity index (χ4v) is 2.08. The Morgan fingerprint density at radius 3 is 2.22 bits per heavy atom. The number of phenolic OH excluding ortho intramolecular Hbond substituents is 1. The van der Waals surface area contributed by atoms with Gasteiger partial charge >= 0.3 is 0 Å². The second-order valence-corrected chi connectivity index (χ2v) is 4.73. The summed E-state index contributed by atoms with van der Waals surface area (Å²) >= 11 is 0. The van der Waals surface area contributed by atoms with E-state index in [2.05, 4.69) is 37.4 Å². The van der Waals surface area contributed by atoms with E-state index in [1.54, 1.807) is 6.07 Å². The summed E-state index contributed by atoms with van der Waals surface area (Å²) in [5.41, 5.74) is 5.87. The lowest BCUT2D eigenvalue weighted by atomic mass is 10.0. The van der Waals surface area contributed by atoms with Gasteiger partial charge < -0.3 is 10.4 Å². The standard InChI is InChI=1S/C16H19NO/c1-11-5-4-6-12(2)15(11)10-17-14-7-8-16(18)13(3)9-14/h4-9,17-18H,10H2,1-3H3. The van der Waals surface area contributed by atoms with Crippen LogP contribution in [0, 0.1) is 20.8 Å². The van der Waals surface area contributed by atoms with Gasteiger partial charge in [-0.3, -0.25) is 0 Å². The number of anilines is 1. The van der Waals surface area contributed by atoms with Gasteiger partial charge in [0.05, 0.1) is 0 Å². The summed E-state index contributed by atoms with van der Waals surface area (Å²) in [4.78, 5) is 0. The van der Waals surface area contributed by atoms with Crippen molar-refractivity contribution in [2.24, 2.45) is 0 Å². The maximum atomic E-state index is 9.49. The summed E-state index contributed by atoms with van der Waals surface area (Å²) < 4.78 is 0. The molecule has 94 valence electrons. The van der Waals surface area contributed by atoms with Crippen LogP contribution in [-0.4, -0.2) is 5.11 Å². The summed E-state index contributed by atoms with van der Waals surface area (Å²) in [5, 5.41) is 12.9. The Bertz CT molecular complexity index is 541. The number of aromatic hydroxyl groups is 1. The lowest BCUT2D eigenvalue weighted by Crippen LogP contribution is -2.03. The molecule has 2 rings (SSSR count). The number of benzene rings is 2. The van der Waals surface area contributed by atoms with E-state index in [4.69, 9.17) is 0 Å². The molecule has 2 aromatic rings. The van der Waals surface area contributed by atoms with E-state index in [0.29, 0.717) is 5.75 Å². The van der Waals surface area contributed by atoms with Crippen molar-refractivity contribution in [2.45, 2.75) is 27.3 Å². The minimum absolute atomic E-state index is 0.340. The summed E-state index contributed by atoms with van der Waals surface area (Å²) in [5.74, 6) is 0.340. The Morgan fingerprint density at radius 1 is 0.944 bits per heavy atom. The van der Waals surface area contributed by atoms with Crippen molar-refractivity contribution in [2.75, 3.05) is 5.32 Å². The van der Waals surface area contributed by atoms with Crippen molar-refractivity contribution in [3.8, 4) is 5.75 Å². The summed E-state index contributed by atoms with van der Waals surface area (Å²) in [6.07, 6.45) is 0. The Kier molecular flexibility index (Phi) is 3.56. The van der Waals surface area contributed by atoms with Crippen LogP contribution in [0.1, 0.15) is 22.3 Å². The van der Waals surface area contributed by atoms with Crippen molar-refractivity contribution in [3.05, 3.63) is 58.7 Å². The molecule has 0 spiro atoms. The number of nitrogens with one attached hydrogen (secondary N) is 1. The topological polar surface area (TPSA) is 32.3 Å². The average molecular weight is 241 g/mol. The highest BCUT2D eigenvalue weighted by Crippen LogP contribution is 2.21. The smallest absolute Gasteiger partial charge is 0.118 e. The Balaban J connectivity index is 2.14. The van der Waals surface area contributed by atoms with Crippen LogP contribution in [0.15, 0.2) is 36.4 Å². The Morgan fingerprint density at radius 2 is 1.61 bits per heavy atom. The van der Waals surface area contributed by atoms with E-state index in [9.17, 15) is 5.11 Å². The second kappa shape index (κ2) is 5.13. The molecule has 0 bridgehead atoms. The van der Waals surface area contributed by atoms with Crippen molar-refractivity contribution in [1.29, 1.82) is 0 Å². The molecular formula is C16H19NO. The van der Waals surface area contributed by atoms with Crippen LogP contribution in [-0.2, 0) is 6.54 Å². The van der Waals surface area contributed by atoms with Gasteiger partial charge in [0.1, 0.15) is 5.75 Å². The molecule has 0 radical (unpaired) electrons. The van der Waals surface area contributed by atoms with Gasteiger partial charge in [-0.25, -0.2) is 0 Å². The van der Waals surface area contributed by atoms with Gasteiger partial charge in [0.2, 0.25) is 0 Å². The zero-order valence-electron chi connectivity index (χ0n) is 11.1. The molecule has 18 heavy (non-hydrogen) atoms. The molecule has 2 heteroatoms. The van der Waals surface area contributed by atoms with Crippen LogP contribution in [0.25, 0.3) is 0 Å². The van der Waals surface area contributed by atoms with Crippen molar-refractivity contribution < 1.29 is 5.11 Å². The van der Waals surface area contributed by atoms with Gasteiger partial charge in [0.15, 0.2) is 0 Å². The Labute approximate surface area is 108 Å². The molecule has 0 saturated heterocycles. The van der Waals surface area contributed by atoms with Crippen LogP contribution in [0.4, 0.5) is 5.69 Å². The van der Waals surface area contributed by atoms with Crippen LogP contribution < -0.4 is 5.32 Å². The highest BCUT2D eigenvalue weighted by atomic mass is 16.3. The lowest BCUT2D eigenvalue weighted by molar-refractivity contribution is 0.471. The molecule has 2 N–H and O–H groups in total. The number of rotatable bonds is 3. The number of phenols is 1. The van der Waals surface area contributed by atoms with E-state index < -0.39 is 0 Å². The molecule has 0 aliphatic heterocycles. The molecule has 0 fully saturated rings. The van der Waals surface area contributed by atoms with E-state index in [0.717, 1.165) is 17.8 Å². The van der Waals surface area contributed by atoms with Gasteiger partial charge in [0, 0.05) is 12.2 Å². The van der Waals surface area contributed by atoms with Gasteiger partial charge in [-0.05, 0) is 61.2 Å². The molecule has 0 atom stereocenters. The van der Waals surface area contributed by atoms with Crippen molar-refractivity contribution >= 4 is 5.69 Å². The van der Waals surface area contributed by atoms with E-state index in [-0.39, 0.29) is 0 Å². The summed E-state index contributed by atoms with van der Waals surface area (Å²) in [6, 6.07) is 11.9. The molecule has 0 aromatic heterocycles. The first-order chi connectivity index (χ1) is 8.58. The minimum atomic E-state index is 0.340. The molecule has 0 amide bonds. The van der Waals surface area contributed by atoms with Gasteiger partial charge in [-0.2, -0.15) is 0 Å². The fourth-order valence-electron chi connectivity index (χ4n) is 2.08. The first-order valence-electron chi connectivity index (χ1n) is 6.16. The van der Waals surface area contributed by atoms with Crippen LogP contribution in [0.5, 0.6) is 5.75 Å². The normalized spacial score (nSPS) is 10.4. The molecule has 0 aliphatic carbocycles. The monoisotopic (exact) mass is 241 g/mol. The van der Waals surface area contributed by atoms with Crippen LogP contribution in [0.3, 0.4) is 0 Å². The second-order valence-electron chi connectivity index (χ2n) is 4.73. The third-order valence-corrected chi connectivity index (χ3v) is 3.31. The van der Waals surface area contributed by atoms with Crippen molar-refractivity contribution in [1.82, 2.24) is 0 Å².